The molecule has 0 bridgehead atoms. The minimum absolute atomic E-state index is 0. The predicted octanol–water partition coefficient (Wildman–Crippen LogP) is 3.66. The molecule has 1 saturated heterocycles. The normalized spacial score (nSPS) is 16.1. The van der Waals surface area contributed by atoms with Crippen molar-refractivity contribution >= 4 is 18.3 Å². The number of halogens is 2. The van der Waals surface area contributed by atoms with E-state index in [1.807, 2.05) is 24.3 Å². The number of benzene rings is 2. The van der Waals surface area contributed by atoms with Crippen LogP contribution >= 0.6 is 12.4 Å². The zero-order chi connectivity index (χ0) is 16.8. The Balaban J connectivity index is 0.00000225. The van der Waals surface area contributed by atoms with E-state index in [1.54, 1.807) is 12.1 Å². The summed E-state index contributed by atoms with van der Waals surface area (Å²) in [7, 11) is 0. The van der Waals surface area contributed by atoms with Crippen LogP contribution in [0.15, 0.2) is 48.5 Å². The molecule has 0 radical (unpaired) electrons. The first kappa shape index (κ1) is 19.2. The molecule has 4 nitrogen and oxygen atoms in total. The van der Waals surface area contributed by atoms with Crippen LogP contribution < -0.4 is 15.4 Å². The Morgan fingerprint density at radius 3 is 2.36 bits per heavy atom. The number of hydrogen-bond acceptors (Lipinski definition) is 3. The van der Waals surface area contributed by atoms with Crippen LogP contribution in [-0.4, -0.2) is 19.0 Å². The molecule has 1 heterocycles. The molecular formula is C19H22ClFN2O2. The summed E-state index contributed by atoms with van der Waals surface area (Å²) in [6.45, 7) is 2.45. The summed E-state index contributed by atoms with van der Waals surface area (Å²) in [5.41, 5.74) is 1.01. The van der Waals surface area contributed by atoms with Crippen molar-refractivity contribution in [2.45, 2.75) is 19.4 Å². The van der Waals surface area contributed by atoms with Gasteiger partial charge in [-0.05, 0) is 67.4 Å². The van der Waals surface area contributed by atoms with Gasteiger partial charge in [-0.3, -0.25) is 4.79 Å². The lowest BCUT2D eigenvalue weighted by Gasteiger charge is -2.10. The van der Waals surface area contributed by atoms with Crippen molar-refractivity contribution in [3.8, 4) is 11.5 Å². The van der Waals surface area contributed by atoms with E-state index >= 15 is 0 Å². The highest BCUT2D eigenvalue weighted by atomic mass is 35.5. The molecule has 0 aliphatic carbocycles. The molecule has 6 heteroatoms. The average molecular weight is 365 g/mol. The summed E-state index contributed by atoms with van der Waals surface area (Å²) in [5, 5.41) is 6.22. The molecule has 0 spiro atoms. The van der Waals surface area contributed by atoms with E-state index in [1.165, 1.54) is 12.1 Å². The van der Waals surface area contributed by atoms with Gasteiger partial charge in [-0.2, -0.15) is 0 Å². The lowest BCUT2D eigenvalue weighted by molar-refractivity contribution is -0.122. The van der Waals surface area contributed by atoms with Crippen molar-refractivity contribution in [2.75, 3.05) is 13.1 Å². The van der Waals surface area contributed by atoms with Crippen LogP contribution in [0.5, 0.6) is 11.5 Å². The van der Waals surface area contributed by atoms with Crippen molar-refractivity contribution in [3.63, 3.8) is 0 Å². The van der Waals surface area contributed by atoms with Gasteiger partial charge in [0, 0.05) is 13.0 Å². The van der Waals surface area contributed by atoms with Gasteiger partial charge in [0.05, 0.1) is 0 Å². The van der Waals surface area contributed by atoms with Crippen molar-refractivity contribution < 1.29 is 13.9 Å². The number of amides is 1. The first-order valence-corrected chi connectivity index (χ1v) is 8.19. The Bertz CT molecular complexity index is 671. The lowest BCUT2D eigenvalue weighted by atomic mass is 10.0. The van der Waals surface area contributed by atoms with Gasteiger partial charge in [-0.1, -0.05) is 12.1 Å². The van der Waals surface area contributed by atoms with Crippen LogP contribution in [-0.2, 0) is 11.3 Å². The first-order valence-electron chi connectivity index (χ1n) is 8.19. The second-order valence-corrected chi connectivity index (χ2v) is 6.04. The molecule has 0 saturated carbocycles. The number of rotatable bonds is 6. The van der Waals surface area contributed by atoms with Gasteiger partial charge in [0.25, 0.3) is 0 Å². The molecule has 0 aromatic heterocycles. The van der Waals surface area contributed by atoms with E-state index in [-0.39, 0.29) is 24.1 Å². The highest BCUT2D eigenvalue weighted by molar-refractivity contribution is 5.85. The smallest absolute Gasteiger partial charge is 0.220 e. The molecule has 134 valence electrons. The summed E-state index contributed by atoms with van der Waals surface area (Å²) in [5.74, 6) is 1.52. The maximum absolute atomic E-state index is 12.9. The standard InChI is InChI=1S/C19H21FN2O2.ClH/c20-16-3-7-18(8-4-16)24-17-5-1-14(2-6-17)13-22-19(23)11-15-9-10-21-12-15;/h1-8,15,21H,9-13H2,(H,22,23);1H. The monoisotopic (exact) mass is 364 g/mol. The molecule has 1 fully saturated rings. The molecule has 1 aliphatic rings. The largest absolute Gasteiger partial charge is 0.457 e. The van der Waals surface area contributed by atoms with Gasteiger partial charge < -0.3 is 15.4 Å². The SMILES string of the molecule is Cl.O=C(CC1CCNC1)NCc1ccc(Oc2ccc(F)cc2)cc1. The third-order valence-corrected chi connectivity index (χ3v) is 4.10. The quantitative estimate of drug-likeness (QED) is 0.822. The fraction of sp³-hybridized carbons (Fsp3) is 0.316. The lowest BCUT2D eigenvalue weighted by Crippen LogP contribution is -2.25. The van der Waals surface area contributed by atoms with E-state index in [9.17, 15) is 9.18 Å². The van der Waals surface area contributed by atoms with E-state index in [0.29, 0.717) is 30.4 Å². The molecule has 25 heavy (non-hydrogen) atoms. The number of hydrogen-bond donors (Lipinski definition) is 2. The number of nitrogens with one attached hydrogen (secondary N) is 2. The fourth-order valence-electron chi connectivity index (χ4n) is 2.74. The Kier molecular flexibility index (Phi) is 7.22. The summed E-state index contributed by atoms with van der Waals surface area (Å²) >= 11 is 0. The second kappa shape index (κ2) is 9.39. The van der Waals surface area contributed by atoms with Crippen LogP contribution in [0.2, 0.25) is 0 Å². The average Bonchev–Trinajstić information content (AvgIpc) is 3.09. The van der Waals surface area contributed by atoms with E-state index < -0.39 is 0 Å². The Labute approximate surface area is 153 Å². The summed E-state index contributed by atoms with van der Waals surface area (Å²) in [4.78, 5) is 11.9. The topological polar surface area (TPSA) is 50.4 Å². The van der Waals surface area contributed by atoms with Crippen molar-refractivity contribution in [3.05, 3.63) is 59.9 Å². The molecule has 1 atom stereocenters. The molecule has 3 rings (SSSR count). The van der Waals surface area contributed by atoms with Gasteiger partial charge in [-0.15, -0.1) is 12.4 Å². The third-order valence-electron chi connectivity index (χ3n) is 4.10. The fourth-order valence-corrected chi connectivity index (χ4v) is 2.74. The summed E-state index contributed by atoms with van der Waals surface area (Å²) < 4.78 is 18.5. The van der Waals surface area contributed by atoms with E-state index in [0.717, 1.165) is 25.1 Å². The number of carbonyl (C=O) groups is 1. The van der Waals surface area contributed by atoms with E-state index in [4.69, 9.17) is 4.74 Å². The number of ether oxygens (including phenoxy) is 1. The van der Waals surface area contributed by atoms with Crippen LogP contribution in [0.25, 0.3) is 0 Å². The zero-order valence-electron chi connectivity index (χ0n) is 13.8. The molecule has 1 aliphatic heterocycles. The molecular weight excluding hydrogens is 343 g/mol. The Morgan fingerprint density at radius 2 is 1.76 bits per heavy atom. The number of carbonyl (C=O) groups excluding carboxylic acids is 1. The minimum Gasteiger partial charge on any atom is -0.457 e. The van der Waals surface area contributed by atoms with Crippen LogP contribution in [0.4, 0.5) is 4.39 Å². The molecule has 2 aromatic rings. The van der Waals surface area contributed by atoms with Crippen LogP contribution in [0.3, 0.4) is 0 Å². The summed E-state index contributed by atoms with van der Waals surface area (Å²) in [6, 6.07) is 13.4. The van der Waals surface area contributed by atoms with Gasteiger partial charge >= 0.3 is 0 Å². The van der Waals surface area contributed by atoms with Gasteiger partial charge in [0.1, 0.15) is 17.3 Å². The highest BCUT2D eigenvalue weighted by Crippen LogP contribution is 2.21. The van der Waals surface area contributed by atoms with Gasteiger partial charge in [0.15, 0.2) is 0 Å². The van der Waals surface area contributed by atoms with Crippen LogP contribution in [0.1, 0.15) is 18.4 Å². The van der Waals surface area contributed by atoms with Crippen molar-refractivity contribution in [1.29, 1.82) is 0 Å². The predicted molar refractivity (Wildman–Crippen MR) is 97.6 cm³/mol. The Hall–Kier alpha value is -2.11. The highest BCUT2D eigenvalue weighted by Gasteiger charge is 2.17. The minimum atomic E-state index is -0.290. The van der Waals surface area contributed by atoms with Gasteiger partial charge in [0.2, 0.25) is 5.91 Å². The zero-order valence-corrected chi connectivity index (χ0v) is 14.7. The first-order chi connectivity index (χ1) is 11.7. The summed E-state index contributed by atoms with van der Waals surface area (Å²) in [6.07, 6.45) is 1.65. The van der Waals surface area contributed by atoms with E-state index in [2.05, 4.69) is 10.6 Å². The molecule has 2 aromatic carbocycles. The molecule has 1 unspecified atom stereocenters. The second-order valence-electron chi connectivity index (χ2n) is 6.04. The Morgan fingerprint density at radius 1 is 1.12 bits per heavy atom. The third kappa shape index (κ3) is 6.03. The maximum Gasteiger partial charge on any atom is 0.220 e. The van der Waals surface area contributed by atoms with Crippen molar-refractivity contribution in [2.24, 2.45) is 5.92 Å². The maximum atomic E-state index is 12.9. The van der Waals surface area contributed by atoms with Gasteiger partial charge in [-0.25, -0.2) is 4.39 Å². The van der Waals surface area contributed by atoms with Crippen molar-refractivity contribution in [1.82, 2.24) is 10.6 Å². The molecule has 2 N–H and O–H groups in total. The molecule has 1 amide bonds. The van der Waals surface area contributed by atoms with Crippen LogP contribution in [0, 0.1) is 11.7 Å².